The molecule has 0 bridgehead atoms. The molecule has 0 spiro atoms. The molecule has 1 aromatic carbocycles. The number of rotatable bonds is 7. The zero-order valence-electron chi connectivity index (χ0n) is 14.7. The lowest BCUT2D eigenvalue weighted by atomic mass is 9.94. The van der Waals surface area contributed by atoms with Gasteiger partial charge in [-0.3, -0.25) is 9.69 Å². The van der Waals surface area contributed by atoms with Crippen LogP contribution in [0.5, 0.6) is 0 Å². The number of nitrogens with one attached hydrogen (secondary N) is 1. The Hall–Kier alpha value is -0.810. The molecule has 1 heterocycles. The first-order valence-electron chi connectivity index (χ1n) is 8.44. The minimum absolute atomic E-state index is 0. The molecule has 0 saturated carbocycles. The van der Waals surface area contributed by atoms with E-state index in [2.05, 4.69) is 30.1 Å². The van der Waals surface area contributed by atoms with Crippen molar-refractivity contribution in [3.8, 4) is 0 Å². The van der Waals surface area contributed by atoms with Crippen LogP contribution in [0.3, 0.4) is 0 Å². The Balaban J connectivity index is 0.00000264. The highest BCUT2D eigenvalue weighted by atomic mass is 35.5. The number of halogens is 2. The molecule has 6 heteroatoms. The standard InChI is InChI=1S/C18H29N3O.2ClH/c1-3-18(19,4-2)14-20-17(22)16-9-7-8-15(12-16)13-21-10-5-6-11-21;;/h7-9,12H,3-6,10-11,13-14,19H2,1-2H3,(H,20,22);2*1H. The fraction of sp³-hybridized carbons (Fsp3) is 0.611. The molecule has 1 saturated heterocycles. The first-order valence-corrected chi connectivity index (χ1v) is 8.44. The van der Waals surface area contributed by atoms with Crippen LogP contribution in [0.4, 0.5) is 0 Å². The van der Waals surface area contributed by atoms with Crippen LogP contribution in [0.2, 0.25) is 0 Å². The highest BCUT2D eigenvalue weighted by Gasteiger charge is 2.21. The highest BCUT2D eigenvalue weighted by Crippen LogP contribution is 2.14. The zero-order chi connectivity index (χ0) is 16.0. The van der Waals surface area contributed by atoms with Gasteiger partial charge in [0.2, 0.25) is 0 Å². The molecular weight excluding hydrogens is 345 g/mol. The minimum atomic E-state index is -0.303. The van der Waals surface area contributed by atoms with Gasteiger partial charge in [0.1, 0.15) is 0 Å². The molecule has 0 aromatic heterocycles. The molecule has 24 heavy (non-hydrogen) atoms. The Kier molecular flexibility index (Phi) is 10.6. The fourth-order valence-electron chi connectivity index (χ4n) is 2.87. The molecule has 1 aromatic rings. The molecule has 0 unspecified atom stereocenters. The maximum absolute atomic E-state index is 12.3. The topological polar surface area (TPSA) is 58.4 Å². The second-order valence-electron chi connectivity index (χ2n) is 6.44. The Labute approximate surface area is 158 Å². The Morgan fingerprint density at radius 2 is 1.83 bits per heavy atom. The number of carbonyl (C=O) groups excluding carboxylic acids is 1. The number of hydrogen-bond acceptors (Lipinski definition) is 3. The summed E-state index contributed by atoms with van der Waals surface area (Å²) in [6.45, 7) is 7.91. The quantitative estimate of drug-likeness (QED) is 0.767. The van der Waals surface area contributed by atoms with Crippen LogP contribution in [0, 0.1) is 0 Å². The van der Waals surface area contributed by atoms with Crippen molar-refractivity contribution in [3.05, 3.63) is 35.4 Å². The van der Waals surface area contributed by atoms with Crippen molar-refractivity contribution in [2.45, 2.75) is 51.6 Å². The SMILES string of the molecule is CCC(N)(CC)CNC(=O)c1cccc(CN2CCCC2)c1.Cl.Cl. The van der Waals surface area contributed by atoms with E-state index < -0.39 is 0 Å². The van der Waals surface area contributed by atoms with Gasteiger partial charge in [-0.05, 0) is 56.5 Å². The number of amides is 1. The predicted octanol–water partition coefficient (Wildman–Crippen LogP) is 3.37. The van der Waals surface area contributed by atoms with Gasteiger partial charge in [0.05, 0.1) is 0 Å². The molecule has 0 radical (unpaired) electrons. The van der Waals surface area contributed by atoms with Crippen molar-refractivity contribution < 1.29 is 4.79 Å². The third-order valence-electron chi connectivity index (χ3n) is 4.80. The molecule has 138 valence electrons. The van der Waals surface area contributed by atoms with Gasteiger partial charge in [0, 0.05) is 24.2 Å². The van der Waals surface area contributed by atoms with Gasteiger partial charge in [-0.2, -0.15) is 0 Å². The van der Waals surface area contributed by atoms with E-state index >= 15 is 0 Å². The van der Waals surface area contributed by atoms with Crippen LogP contribution < -0.4 is 11.1 Å². The van der Waals surface area contributed by atoms with Crippen molar-refractivity contribution in [1.82, 2.24) is 10.2 Å². The van der Waals surface area contributed by atoms with Crippen molar-refractivity contribution in [1.29, 1.82) is 0 Å². The van der Waals surface area contributed by atoms with Crippen molar-refractivity contribution >= 4 is 30.7 Å². The second kappa shape index (κ2) is 10.9. The minimum Gasteiger partial charge on any atom is -0.350 e. The molecule has 1 fully saturated rings. The monoisotopic (exact) mass is 375 g/mol. The summed E-state index contributed by atoms with van der Waals surface area (Å²) in [7, 11) is 0. The average Bonchev–Trinajstić information content (AvgIpc) is 3.05. The van der Waals surface area contributed by atoms with Crippen LogP contribution in [0.1, 0.15) is 55.5 Å². The van der Waals surface area contributed by atoms with E-state index in [4.69, 9.17) is 5.73 Å². The molecule has 1 aliphatic heterocycles. The van der Waals surface area contributed by atoms with Gasteiger partial charge in [-0.25, -0.2) is 0 Å². The van der Waals surface area contributed by atoms with Crippen molar-refractivity contribution in [2.75, 3.05) is 19.6 Å². The Morgan fingerprint density at radius 3 is 2.42 bits per heavy atom. The first-order chi connectivity index (χ1) is 10.6. The number of likely N-dealkylation sites (tertiary alicyclic amines) is 1. The Bertz CT molecular complexity index is 501. The molecular formula is C18H31Cl2N3O. The molecule has 3 N–H and O–H groups in total. The van der Waals surface area contributed by atoms with Gasteiger partial charge in [0.15, 0.2) is 0 Å². The largest absolute Gasteiger partial charge is 0.350 e. The smallest absolute Gasteiger partial charge is 0.251 e. The maximum atomic E-state index is 12.3. The van der Waals surface area contributed by atoms with Crippen molar-refractivity contribution in [3.63, 3.8) is 0 Å². The summed E-state index contributed by atoms with van der Waals surface area (Å²) < 4.78 is 0. The van der Waals surface area contributed by atoms with E-state index in [0.29, 0.717) is 6.54 Å². The molecule has 1 aliphatic rings. The summed E-state index contributed by atoms with van der Waals surface area (Å²) in [5.41, 5.74) is 7.87. The van der Waals surface area contributed by atoms with E-state index in [1.165, 1.54) is 31.5 Å². The molecule has 0 aliphatic carbocycles. The van der Waals surface area contributed by atoms with E-state index in [1.807, 2.05) is 18.2 Å². The van der Waals surface area contributed by atoms with Gasteiger partial charge in [-0.1, -0.05) is 26.0 Å². The lowest BCUT2D eigenvalue weighted by molar-refractivity contribution is 0.0942. The van der Waals surface area contributed by atoms with Gasteiger partial charge >= 0.3 is 0 Å². The summed E-state index contributed by atoms with van der Waals surface area (Å²) in [6.07, 6.45) is 4.29. The first kappa shape index (κ1) is 23.2. The third kappa shape index (κ3) is 6.60. The van der Waals surface area contributed by atoms with E-state index in [9.17, 15) is 4.79 Å². The average molecular weight is 376 g/mol. The van der Waals surface area contributed by atoms with Gasteiger partial charge < -0.3 is 11.1 Å². The molecule has 2 rings (SSSR count). The molecule has 1 amide bonds. The summed E-state index contributed by atoms with van der Waals surface area (Å²) in [5, 5.41) is 2.98. The maximum Gasteiger partial charge on any atom is 0.251 e. The van der Waals surface area contributed by atoms with Crippen molar-refractivity contribution in [2.24, 2.45) is 5.73 Å². The number of benzene rings is 1. The summed E-state index contributed by atoms with van der Waals surface area (Å²) >= 11 is 0. The molecule has 4 nitrogen and oxygen atoms in total. The number of nitrogens with two attached hydrogens (primary N) is 1. The Morgan fingerprint density at radius 1 is 1.21 bits per heavy atom. The van der Waals surface area contributed by atoms with Gasteiger partial charge in [0.25, 0.3) is 5.91 Å². The lowest BCUT2D eigenvalue weighted by Crippen LogP contribution is -2.49. The second-order valence-corrected chi connectivity index (χ2v) is 6.44. The van der Waals surface area contributed by atoms with Gasteiger partial charge in [-0.15, -0.1) is 24.8 Å². The zero-order valence-corrected chi connectivity index (χ0v) is 16.3. The van der Waals surface area contributed by atoms with Crippen LogP contribution in [-0.2, 0) is 6.54 Å². The number of nitrogens with zero attached hydrogens (tertiary/aromatic N) is 1. The normalized spacial score (nSPS) is 14.6. The van der Waals surface area contributed by atoms with Crippen LogP contribution in [0.25, 0.3) is 0 Å². The van der Waals surface area contributed by atoms with Crippen LogP contribution >= 0.6 is 24.8 Å². The lowest BCUT2D eigenvalue weighted by Gasteiger charge is -2.26. The fourth-order valence-corrected chi connectivity index (χ4v) is 2.87. The number of hydrogen-bond donors (Lipinski definition) is 2. The van der Waals surface area contributed by atoms with Crippen LogP contribution in [-0.4, -0.2) is 36.0 Å². The molecule has 0 atom stereocenters. The summed E-state index contributed by atoms with van der Waals surface area (Å²) in [4.78, 5) is 14.8. The number of carbonyl (C=O) groups is 1. The summed E-state index contributed by atoms with van der Waals surface area (Å²) in [5.74, 6) is -0.0278. The highest BCUT2D eigenvalue weighted by molar-refractivity contribution is 5.94. The summed E-state index contributed by atoms with van der Waals surface area (Å²) in [6, 6.07) is 7.94. The van der Waals surface area contributed by atoms with E-state index in [0.717, 1.165) is 24.9 Å². The van der Waals surface area contributed by atoms with E-state index in [-0.39, 0.29) is 36.3 Å². The van der Waals surface area contributed by atoms with E-state index in [1.54, 1.807) is 0 Å². The third-order valence-corrected chi connectivity index (χ3v) is 4.80. The predicted molar refractivity (Wildman–Crippen MR) is 105 cm³/mol. The van der Waals surface area contributed by atoms with Crippen LogP contribution in [0.15, 0.2) is 24.3 Å².